The fourth-order valence-electron chi connectivity index (χ4n) is 3.59. The molecule has 0 amide bonds. The lowest BCUT2D eigenvalue weighted by atomic mass is 9.86. The highest BCUT2D eigenvalue weighted by molar-refractivity contribution is 5.59. The molecule has 3 fully saturated rings. The molecule has 0 saturated carbocycles. The van der Waals surface area contributed by atoms with E-state index in [4.69, 9.17) is 4.74 Å². The van der Waals surface area contributed by atoms with Gasteiger partial charge >= 0.3 is 6.18 Å². The van der Waals surface area contributed by atoms with Crippen LogP contribution in [-0.4, -0.2) is 40.8 Å². The second-order valence-electron chi connectivity index (χ2n) is 6.63. The van der Waals surface area contributed by atoms with Gasteiger partial charge < -0.3 is 4.74 Å². The second-order valence-corrected chi connectivity index (χ2v) is 6.63. The molecule has 2 bridgehead atoms. The topological polar surface area (TPSA) is 38.2 Å². The molecule has 0 radical (unpaired) electrons. The van der Waals surface area contributed by atoms with Gasteiger partial charge in [0.25, 0.3) is 0 Å². The third-order valence-electron chi connectivity index (χ3n) is 4.99. The average Bonchev–Trinajstić information content (AvgIpc) is 2.63. The van der Waals surface area contributed by atoms with Crippen LogP contribution in [0.25, 0.3) is 11.3 Å². The Morgan fingerprint density at radius 2 is 1.84 bits per heavy atom. The summed E-state index contributed by atoms with van der Waals surface area (Å²) in [7, 11) is 0. The van der Waals surface area contributed by atoms with Crippen molar-refractivity contribution in [1.29, 1.82) is 0 Å². The van der Waals surface area contributed by atoms with Crippen molar-refractivity contribution in [3.63, 3.8) is 0 Å². The lowest BCUT2D eigenvalue weighted by Gasteiger charge is -2.44. The molecule has 0 aliphatic carbocycles. The van der Waals surface area contributed by atoms with Gasteiger partial charge in [-0.15, -0.1) is 10.2 Å². The largest absolute Gasteiger partial charge is 0.472 e. The van der Waals surface area contributed by atoms with Crippen LogP contribution in [0.5, 0.6) is 5.88 Å². The van der Waals surface area contributed by atoms with Crippen molar-refractivity contribution in [1.82, 2.24) is 15.1 Å². The molecule has 0 spiro atoms. The smallest absolute Gasteiger partial charge is 0.416 e. The molecule has 3 saturated heterocycles. The predicted octanol–water partition coefficient (Wildman–Crippen LogP) is 3.64. The molecule has 132 valence electrons. The van der Waals surface area contributed by atoms with Gasteiger partial charge in [0.15, 0.2) is 0 Å². The van der Waals surface area contributed by atoms with Crippen molar-refractivity contribution in [2.75, 3.05) is 19.6 Å². The minimum Gasteiger partial charge on any atom is -0.472 e. The molecule has 25 heavy (non-hydrogen) atoms. The summed E-state index contributed by atoms with van der Waals surface area (Å²) in [5.74, 6) is 0.976. The minimum atomic E-state index is -4.37. The van der Waals surface area contributed by atoms with Crippen LogP contribution < -0.4 is 4.74 Å². The molecule has 4 nitrogen and oxygen atoms in total. The monoisotopic (exact) mass is 349 g/mol. The molecule has 1 atom stereocenters. The summed E-state index contributed by atoms with van der Waals surface area (Å²) in [5.41, 5.74) is 0.0866. The molecule has 4 heterocycles. The Balaban J connectivity index is 1.49. The first-order valence-corrected chi connectivity index (χ1v) is 8.39. The SMILES string of the molecule is FC(F)(F)c1cccc(-c2ccc(OC3CN4CCC3CC4)nn2)c1. The van der Waals surface area contributed by atoms with E-state index in [0.29, 0.717) is 23.1 Å². The van der Waals surface area contributed by atoms with E-state index in [1.807, 2.05) is 0 Å². The van der Waals surface area contributed by atoms with Crippen molar-refractivity contribution in [2.24, 2.45) is 5.92 Å². The van der Waals surface area contributed by atoms with Crippen LogP contribution in [0.2, 0.25) is 0 Å². The number of nitrogens with zero attached hydrogens (tertiary/aromatic N) is 3. The number of alkyl halides is 3. The number of benzene rings is 1. The molecule has 5 rings (SSSR count). The number of hydrogen-bond donors (Lipinski definition) is 0. The molecule has 1 aromatic carbocycles. The van der Waals surface area contributed by atoms with Crippen molar-refractivity contribution in [3.05, 3.63) is 42.0 Å². The second kappa shape index (κ2) is 6.29. The first-order chi connectivity index (χ1) is 12.0. The van der Waals surface area contributed by atoms with Gasteiger partial charge in [-0.2, -0.15) is 13.2 Å². The zero-order valence-electron chi connectivity index (χ0n) is 13.5. The maximum atomic E-state index is 12.8. The van der Waals surface area contributed by atoms with Gasteiger partial charge in [-0.1, -0.05) is 12.1 Å². The van der Waals surface area contributed by atoms with E-state index in [9.17, 15) is 13.2 Å². The maximum absolute atomic E-state index is 12.8. The van der Waals surface area contributed by atoms with E-state index in [0.717, 1.165) is 44.6 Å². The van der Waals surface area contributed by atoms with Gasteiger partial charge in [0.1, 0.15) is 6.10 Å². The van der Waals surface area contributed by atoms with E-state index in [2.05, 4.69) is 15.1 Å². The average molecular weight is 349 g/mol. The van der Waals surface area contributed by atoms with Crippen LogP contribution in [0, 0.1) is 5.92 Å². The molecule has 1 aromatic heterocycles. The fourth-order valence-corrected chi connectivity index (χ4v) is 3.59. The Labute approximate surface area is 143 Å². The Morgan fingerprint density at radius 3 is 2.44 bits per heavy atom. The molecule has 3 aliphatic heterocycles. The third kappa shape index (κ3) is 3.46. The molecule has 2 aromatic rings. The summed E-state index contributed by atoms with van der Waals surface area (Å²) in [4.78, 5) is 2.38. The van der Waals surface area contributed by atoms with Crippen LogP contribution in [0.3, 0.4) is 0 Å². The van der Waals surface area contributed by atoms with Gasteiger partial charge in [-0.05, 0) is 50.0 Å². The van der Waals surface area contributed by atoms with Crippen LogP contribution in [0.1, 0.15) is 18.4 Å². The van der Waals surface area contributed by atoms with Gasteiger partial charge in [0.2, 0.25) is 5.88 Å². The molecular weight excluding hydrogens is 331 g/mol. The Bertz CT molecular complexity index is 740. The maximum Gasteiger partial charge on any atom is 0.416 e. The standard InChI is InChI=1S/C18H18F3N3O/c19-18(20,21)14-3-1-2-13(10-14)15-4-5-17(23-22-15)25-16-11-24-8-6-12(16)7-9-24/h1-5,10,12,16H,6-9,11H2. The van der Waals surface area contributed by atoms with Crippen LogP contribution in [0.4, 0.5) is 13.2 Å². The molecule has 7 heteroatoms. The highest BCUT2D eigenvalue weighted by atomic mass is 19.4. The van der Waals surface area contributed by atoms with Crippen LogP contribution >= 0.6 is 0 Å². The van der Waals surface area contributed by atoms with Crippen molar-refractivity contribution < 1.29 is 17.9 Å². The van der Waals surface area contributed by atoms with Crippen LogP contribution in [0.15, 0.2) is 36.4 Å². The Kier molecular flexibility index (Phi) is 4.11. The van der Waals surface area contributed by atoms with E-state index >= 15 is 0 Å². The van der Waals surface area contributed by atoms with Crippen molar-refractivity contribution >= 4 is 0 Å². The molecule has 3 aliphatic rings. The van der Waals surface area contributed by atoms with Gasteiger partial charge in [0.05, 0.1) is 11.3 Å². The summed E-state index contributed by atoms with van der Waals surface area (Å²) in [6.07, 6.45) is -1.97. The highest BCUT2D eigenvalue weighted by Crippen LogP contribution is 2.32. The Morgan fingerprint density at radius 1 is 1.04 bits per heavy atom. The van der Waals surface area contributed by atoms with Gasteiger partial charge in [0, 0.05) is 18.2 Å². The normalized spacial score (nSPS) is 25.8. The summed E-state index contributed by atoms with van der Waals surface area (Å²) in [6.45, 7) is 3.16. The fraction of sp³-hybridized carbons (Fsp3) is 0.444. The first-order valence-electron chi connectivity index (χ1n) is 8.39. The number of ether oxygens (including phenoxy) is 1. The number of halogens is 3. The molecule has 1 unspecified atom stereocenters. The predicted molar refractivity (Wildman–Crippen MR) is 86.1 cm³/mol. The van der Waals surface area contributed by atoms with Gasteiger partial charge in [-0.25, -0.2) is 0 Å². The number of rotatable bonds is 3. The molecule has 0 N–H and O–H groups in total. The van der Waals surface area contributed by atoms with E-state index < -0.39 is 11.7 Å². The highest BCUT2D eigenvalue weighted by Gasteiger charge is 2.35. The number of piperidine rings is 3. The zero-order valence-corrected chi connectivity index (χ0v) is 13.5. The lowest BCUT2D eigenvalue weighted by molar-refractivity contribution is -0.137. The number of aromatic nitrogens is 2. The lowest BCUT2D eigenvalue weighted by Crippen LogP contribution is -2.52. The third-order valence-corrected chi connectivity index (χ3v) is 4.99. The summed E-state index contributed by atoms with van der Waals surface area (Å²) in [5, 5.41) is 8.10. The van der Waals surface area contributed by atoms with Crippen LogP contribution in [-0.2, 0) is 6.18 Å². The Hall–Kier alpha value is -2.15. The molecular formula is C18H18F3N3O. The summed E-state index contributed by atoms with van der Waals surface area (Å²) in [6, 6.07) is 8.42. The quantitative estimate of drug-likeness (QED) is 0.848. The van der Waals surface area contributed by atoms with E-state index in [1.165, 1.54) is 6.07 Å². The summed E-state index contributed by atoms with van der Waals surface area (Å²) < 4.78 is 44.4. The number of hydrogen-bond acceptors (Lipinski definition) is 4. The number of fused-ring (bicyclic) bond motifs is 3. The summed E-state index contributed by atoms with van der Waals surface area (Å²) >= 11 is 0. The van der Waals surface area contributed by atoms with Crippen molar-refractivity contribution in [3.8, 4) is 17.1 Å². The van der Waals surface area contributed by atoms with Crippen molar-refractivity contribution in [2.45, 2.75) is 25.1 Å². The zero-order chi connectivity index (χ0) is 17.4. The van der Waals surface area contributed by atoms with E-state index in [-0.39, 0.29) is 6.10 Å². The van der Waals surface area contributed by atoms with E-state index in [1.54, 1.807) is 18.2 Å². The minimum absolute atomic E-state index is 0.121. The first kappa shape index (κ1) is 16.3. The van der Waals surface area contributed by atoms with Gasteiger partial charge in [-0.3, -0.25) is 4.90 Å².